The molecule has 1 unspecified atom stereocenters. The monoisotopic (exact) mass is 127 g/mol. The predicted octanol–water partition coefficient (Wildman–Crippen LogP) is 0.527. The fourth-order valence-corrected chi connectivity index (χ4v) is 1.29. The van der Waals surface area contributed by atoms with Crippen molar-refractivity contribution in [3.63, 3.8) is 0 Å². The van der Waals surface area contributed by atoms with Crippen LogP contribution >= 0.6 is 0 Å². The van der Waals surface area contributed by atoms with Gasteiger partial charge in [-0.05, 0) is 13.5 Å². The fourth-order valence-electron chi connectivity index (χ4n) is 1.29. The molecule has 1 atom stereocenters. The smallest absolute Gasteiger partial charge is 0.151 e. The highest BCUT2D eigenvalue weighted by molar-refractivity contribution is 5.85. The van der Waals surface area contributed by atoms with Crippen molar-refractivity contribution in [2.45, 2.75) is 13.3 Å². The lowest BCUT2D eigenvalue weighted by atomic mass is 10.1. The van der Waals surface area contributed by atoms with Crippen molar-refractivity contribution in [3.05, 3.63) is 0 Å². The van der Waals surface area contributed by atoms with Gasteiger partial charge in [0.25, 0.3) is 0 Å². The van der Waals surface area contributed by atoms with Gasteiger partial charge in [0.05, 0.1) is 6.54 Å². The first-order chi connectivity index (χ1) is 4.24. The molecule has 2 nitrogen and oxygen atoms in total. The van der Waals surface area contributed by atoms with E-state index in [1.165, 1.54) is 0 Å². The lowest BCUT2D eigenvalue weighted by molar-refractivity contribution is -0.119. The third-order valence-corrected chi connectivity index (χ3v) is 1.91. The molecular weight excluding hydrogens is 114 g/mol. The summed E-state index contributed by atoms with van der Waals surface area (Å²) in [7, 11) is 1.99. The summed E-state index contributed by atoms with van der Waals surface area (Å²) in [4.78, 5) is 13.1. The van der Waals surface area contributed by atoms with Crippen molar-refractivity contribution in [3.8, 4) is 0 Å². The third kappa shape index (κ3) is 1.30. The van der Waals surface area contributed by atoms with Crippen LogP contribution in [0.4, 0.5) is 0 Å². The van der Waals surface area contributed by atoms with E-state index in [4.69, 9.17) is 0 Å². The second kappa shape index (κ2) is 2.48. The molecule has 52 valence electrons. The van der Waals surface area contributed by atoms with E-state index in [1.807, 2.05) is 7.05 Å². The van der Waals surface area contributed by atoms with E-state index in [9.17, 15) is 4.79 Å². The number of carbonyl (C=O) groups is 1. The van der Waals surface area contributed by atoms with Crippen LogP contribution in [0.1, 0.15) is 13.3 Å². The summed E-state index contributed by atoms with van der Waals surface area (Å²) in [6.45, 7) is 3.70. The Morgan fingerprint density at radius 3 is 2.67 bits per heavy atom. The van der Waals surface area contributed by atoms with Gasteiger partial charge in [0.1, 0.15) is 0 Å². The summed E-state index contributed by atoms with van der Waals surface area (Å²) in [5, 5.41) is 0. The largest absolute Gasteiger partial charge is 0.298 e. The molecule has 1 fully saturated rings. The van der Waals surface area contributed by atoms with E-state index >= 15 is 0 Å². The van der Waals surface area contributed by atoms with Crippen LogP contribution in [0.25, 0.3) is 0 Å². The molecule has 0 radical (unpaired) electrons. The summed E-state index contributed by atoms with van der Waals surface area (Å²) in [6, 6.07) is 0. The van der Waals surface area contributed by atoms with Gasteiger partial charge in [-0.25, -0.2) is 0 Å². The number of hydrogen-bond donors (Lipinski definition) is 0. The van der Waals surface area contributed by atoms with E-state index in [0.29, 0.717) is 18.2 Å². The van der Waals surface area contributed by atoms with Crippen LogP contribution in [-0.4, -0.2) is 30.8 Å². The van der Waals surface area contributed by atoms with E-state index < -0.39 is 0 Å². The topological polar surface area (TPSA) is 20.3 Å². The Hall–Kier alpha value is -0.370. The average molecular weight is 127 g/mol. The third-order valence-electron chi connectivity index (χ3n) is 1.91. The number of likely N-dealkylation sites (N-methyl/N-ethyl adjacent to an activating group) is 1. The first kappa shape index (κ1) is 6.75. The maximum absolute atomic E-state index is 11.0. The Morgan fingerprint density at radius 2 is 2.44 bits per heavy atom. The Bertz CT molecular complexity index is 122. The van der Waals surface area contributed by atoms with Gasteiger partial charge in [-0.1, -0.05) is 6.92 Å². The zero-order valence-electron chi connectivity index (χ0n) is 6.05. The number of rotatable bonds is 1. The predicted molar refractivity (Wildman–Crippen MR) is 36.3 cm³/mol. The number of carbonyl (C=O) groups excluding carboxylic acids is 1. The summed E-state index contributed by atoms with van der Waals surface area (Å²) >= 11 is 0. The highest BCUT2D eigenvalue weighted by atomic mass is 16.1. The summed E-state index contributed by atoms with van der Waals surface area (Å²) in [6.07, 6.45) is 1.00. The minimum absolute atomic E-state index is 0.329. The maximum Gasteiger partial charge on any atom is 0.151 e. The zero-order chi connectivity index (χ0) is 6.85. The molecule has 0 saturated carbocycles. The van der Waals surface area contributed by atoms with Gasteiger partial charge in [-0.2, -0.15) is 0 Å². The molecule has 1 heterocycles. The molecule has 9 heavy (non-hydrogen) atoms. The molecule has 0 N–H and O–H groups in total. The SMILES string of the molecule is CCC1CN(C)CC1=O. The van der Waals surface area contributed by atoms with E-state index in [2.05, 4.69) is 11.8 Å². The average Bonchev–Trinajstić information content (AvgIpc) is 2.10. The normalized spacial score (nSPS) is 29.6. The minimum atomic E-state index is 0.329. The number of likely N-dealkylation sites (tertiary alicyclic amines) is 1. The first-order valence-electron chi connectivity index (χ1n) is 3.45. The molecule has 0 aromatic rings. The van der Waals surface area contributed by atoms with Crippen LogP contribution in [0.2, 0.25) is 0 Å². The minimum Gasteiger partial charge on any atom is -0.298 e. The van der Waals surface area contributed by atoms with Crippen LogP contribution in [0, 0.1) is 5.92 Å². The Kier molecular flexibility index (Phi) is 1.86. The number of nitrogens with zero attached hydrogens (tertiary/aromatic N) is 1. The molecule has 1 aliphatic rings. The van der Waals surface area contributed by atoms with Crippen LogP contribution < -0.4 is 0 Å². The molecule has 1 aliphatic heterocycles. The number of ketones is 1. The van der Waals surface area contributed by atoms with Crippen molar-refractivity contribution >= 4 is 5.78 Å². The fraction of sp³-hybridized carbons (Fsp3) is 0.857. The van der Waals surface area contributed by atoms with Crippen LogP contribution in [0.15, 0.2) is 0 Å². The molecule has 0 bridgehead atoms. The molecule has 0 aromatic carbocycles. The Morgan fingerprint density at radius 1 is 1.78 bits per heavy atom. The van der Waals surface area contributed by atoms with E-state index in [1.54, 1.807) is 0 Å². The number of Topliss-reactive ketones (excluding diaryl/α,β-unsaturated/α-hetero) is 1. The summed E-state index contributed by atoms with van der Waals surface area (Å²) in [5.74, 6) is 0.745. The van der Waals surface area contributed by atoms with Gasteiger partial charge in [-0.3, -0.25) is 9.69 Å². The Balaban J connectivity index is 2.48. The molecule has 1 rings (SSSR count). The second-order valence-corrected chi connectivity index (χ2v) is 2.77. The zero-order valence-corrected chi connectivity index (χ0v) is 6.05. The molecule has 0 spiro atoms. The summed E-state index contributed by atoms with van der Waals surface area (Å²) in [5.41, 5.74) is 0. The van der Waals surface area contributed by atoms with Crippen LogP contribution in [0.5, 0.6) is 0 Å². The van der Waals surface area contributed by atoms with Crippen molar-refractivity contribution in [1.82, 2.24) is 4.90 Å². The van der Waals surface area contributed by atoms with E-state index in [0.717, 1.165) is 13.0 Å². The summed E-state index contributed by atoms with van der Waals surface area (Å²) < 4.78 is 0. The van der Waals surface area contributed by atoms with E-state index in [-0.39, 0.29) is 0 Å². The van der Waals surface area contributed by atoms with Crippen molar-refractivity contribution < 1.29 is 4.79 Å². The van der Waals surface area contributed by atoms with Gasteiger partial charge in [0.2, 0.25) is 0 Å². The van der Waals surface area contributed by atoms with Gasteiger partial charge in [0, 0.05) is 12.5 Å². The van der Waals surface area contributed by atoms with Crippen molar-refractivity contribution in [2.24, 2.45) is 5.92 Å². The lowest BCUT2D eigenvalue weighted by Crippen LogP contribution is -2.13. The molecule has 2 heteroatoms. The van der Waals surface area contributed by atoms with Gasteiger partial charge in [-0.15, -0.1) is 0 Å². The quantitative estimate of drug-likeness (QED) is 0.512. The van der Waals surface area contributed by atoms with Crippen LogP contribution in [-0.2, 0) is 4.79 Å². The highest BCUT2D eigenvalue weighted by Gasteiger charge is 2.25. The molecule has 0 aromatic heterocycles. The maximum atomic E-state index is 11.0. The number of hydrogen-bond acceptors (Lipinski definition) is 2. The van der Waals surface area contributed by atoms with Gasteiger partial charge < -0.3 is 0 Å². The molecule has 0 aliphatic carbocycles. The molecular formula is C7H13NO. The molecule has 0 amide bonds. The Labute approximate surface area is 55.8 Å². The van der Waals surface area contributed by atoms with Crippen LogP contribution in [0.3, 0.4) is 0 Å². The first-order valence-corrected chi connectivity index (χ1v) is 3.45. The van der Waals surface area contributed by atoms with Crippen molar-refractivity contribution in [1.29, 1.82) is 0 Å². The van der Waals surface area contributed by atoms with Crippen molar-refractivity contribution in [2.75, 3.05) is 20.1 Å². The lowest BCUT2D eigenvalue weighted by Gasteiger charge is -2.04. The second-order valence-electron chi connectivity index (χ2n) is 2.77. The molecule has 1 saturated heterocycles. The highest BCUT2D eigenvalue weighted by Crippen LogP contribution is 2.13. The van der Waals surface area contributed by atoms with Gasteiger partial charge >= 0.3 is 0 Å². The standard InChI is InChI=1S/C7H13NO/c1-3-6-4-8(2)5-7(6)9/h6H,3-5H2,1-2H3. The van der Waals surface area contributed by atoms with Gasteiger partial charge in [0.15, 0.2) is 5.78 Å².